The minimum Gasteiger partial charge on any atom is -0.368 e. The van der Waals surface area contributed by atoms with Crippen molar-refractivity contribution in [3.63, 3.8) is 0 Å². The molecule has 0 aromatic heterocycles. The first-order valence-electron chi connectivity index (χ1n) is 6.08. The van der Waals surface area contributed by atoms with E-state index in [-0.39, 0.29) is 17.8 Å². The summed E-state index contributed by atoms with van der Waals surface area (Å²) in [7, 11) is 0. The van der Waals surface area contributed by atoms with E-state index in [2.05, 4.69) is 0 Å². The van der Waals surface area contributed by atoms with Crippen LogP contribution in [0.4, 0.5) is 18.9 Å². The van der Waals surface area contributed by atoms with Gasteiger partial charge in [-0.25, -0.2) is 0 Å². The number of para-hydroxylation sites is 1. The number of benzene rings is 1. The van der Waals surface area contributed by atoms with Gasteiger partial charge in [-0.15, -0.1) is 0 Å². The van der Waals surface area contributed by atoms with E-state index in [1.54, 1.807) is 6.07 Å². The van der Waals surface area contributed by atoms with Gasteiger partial charge in [0.2, 0.25) is 0 Å². The van der Waals surface area contributed by atoms with E-state index in [1.807, 2.05) is 11.8 Å². The minimum atomic E-state index is -4.31. The van der Waals surface area contributed by atoms with E-state index in [4.69, 9.17) is 5.73 Å². The van der Waals surface area contributed by atoms with Gasteiger partial charge >= 0.3 is 6.18 Å². The molecule has 1 heterocycles. The summed E-state index contributed by atoms with van der Waals surface area (Å²) in [6, 6.07) is 5.87. The molecule has 1 saturated heterocycles. The molecule has 0 bridgehead atoms. The molecule has 2 nitrogen and oxygen atoms in total. The number of hydrogen-bond donors (Lipinski definition) is 1. The Bertz CT molecular complexity index is 417. The number of rotatable bonds is 1. The van der Waals surface area contributed by atoms with Crippen LogP contribution in [0.5, 0.6) is 0 Å². The molecule has 0 amide bonds. The number of nitrogens with zero attached hydrogens (tertiary/aromatic N) is 1. The Morgan fingerprint density at radius 3 is 2.56 bits per heavy atom. The fourth-order valence-electron chi connectivity index (χ4n) is 2.53. The van der Waals surface area contributed by atoms with Gasteiger partial charge in [-0.2, -0.15) is 13.2 Å². The highest BCUT2D eigenvalue weighted by atomic mass is 19.4. The Kier molecular flexibility index (Phi) is 3.52. The molecule has 1 fully saturated rings. The average Bonchev–Trinajstić information content (AvgIpc) is 2.28. The van der Waals surface area contributed by atoms with E-state index in [0.717, 1.165) is 18.9 Å². The van der Waals surface area contributed by atoms with Crippen LogP contribution in [0.25, 0.3) is 0 Å². The zero-order valence-electron chi connectivity index (χ0n) is 10.2. The number of nitrogens with two attached hydrogens (primary N) is 1. The molecule has 1 aliphatic heterocycles. The number of halogens is 3. The molecule has 5 heteroatoms. The second kappa shape index (κ2) is 4.80. The second-order valence-electron chi connectivity index (χ2n) is 4.84. The van der Waals surface area contributed by atoms with E-state index >= 15 is 0 Å². The summed E-state index contributed by atoms with van der Waals surface area (Å²) in [5.41, 5.74) is 5.55. The van der Waals surface area contributed by atoms with Crippen molar-refractivity contribution in [1.82, 2.24) is 0 Å². The van der Waals surface area contributed by atoms with Gasteiger partial charge in [0.15, 0.2) is 0 Å². The maximum Gasteiger partial charge on any atom is 0.418 e. The molecule has 1 aromatic carbocycles. The quantitative estimate of drug-likeness (QED) is 0.839. The summed E-state index contributed by atoms with van der Waals surface area (Å²) in [4.78, 5) is 1.81. The van der Waals surface area contributed by atoms with Gasteiger partial charge in [-0.1, -0.05) is 12.1 Å². The van der Waals surface area contributed by atoms with Crippen LogP contribution in [-0.4, -0.2) is 18.6 Å². The van der Waals surface area contributed by atoms with Gasteiger partial charge in [0.25, 0.3) is 0 Å². The first kappa shape index (κ1) is 13.2. The third-order valence-corrected chi connectivity index (χ3v) is 3.44. The second-order valence-corrected chi connectivity index (χ2v) is 4.84. The fourth-order valence-corrected chi connectivity index (χ4v) is 2.53. The maximum absolute atomic E-state index is 13.0. The van der Waals surface area contributed by atoms with E-state index in [0.29, 0.717) is 6.54 Å². The zero-order chi connectivity index (χ0) is 13.3. The molecule has 2 rings (SSSR count). The van der Waals surface area contributed by atoms with Crippen molar-refractivity contribution in [2.24, 2.45) is 5.73 Å². The Hall–Kier alpha value is -1.23. The first-order valence-corrected chi connectivity index (χ1v) is 6.08. The van der Waals surface area contributed by atoms with Crippen LogP contribution < -0.4 is 10.6 Å². The number of anilines is 1. The summed E-state index contributed by atoms with van der Waals surface area (Å²) in [6.07, 6.45) is -2.85. The lowest BCUT2D eigenvalue weighted by Gasteiger charge is -2.39. The van der Waals surface area contributed by atoms with Gasteiger partial charge in [0.05, 0.1) is 5.56 Å². The van der Waals surface area contributed by atoms with Gasteiger partial charge in [-0.05, 0) is 31.9 Å². The summed E-state index contributed by atoms with van der Waals surface area (Å²) in [5.74, 6) is 0. The molecule has 0 spiro atoms. The summed E-state index contributed by atoms with van der Waals surface area (Å²) in [6.45, 7) is 2.50. The predicted octanol–water partition coefficient (Wildman–Crippen LogP) is 3.02. The smallest absolute Gasteiger partial charge is 0.368 e. The van der Waals surface area contributed by atoms with Crippen LogP contribution in [-0.2, 0) is 6.18 Å². The molecular weight excluding hydrogens is 241 g/mol. The molecular formula is C13H17F3N2. The highest BCUT2D eigenvalue weighted by Crippen LogP contribution is 2.38. The molecule has 1 aliphatic rings. The largest absolute Gasteiger partial charge is 0.418 e. The van der Waals surface area contributed by atoms with Gasteiger partial charge in [-0.3, -0.25) is 0 Å². The Labute approximate surface area is 105 Å². The lowest BCUT2D eigenvalue weighted by molar-refractivity contribution is -0.137. The number of hydrogen-bond acceptors (Lipinski definition) is 2. The SMILES string of the molecule is CC1CC(N)CCN1c1ccccc1C(F)(F)F. The Balaban J connectivity index is 2.33. The van der Waals surface area contributed by atoms with Crippen molar-refractivity contribution < 1.29 is 13.2 Å². The average molecular weight is 258 g/mol. The molecule has 0 saturated carbocycles. The number of piperidine rings is 1. The highest BCUT2D eigenvalue weighted by molar-refractivity contribution is 5.56. The normalized spacial score (nSPS) is 25.3. The molecule has 18 heavy (non-hydrogen) atoms. The third-order valence-electron chi connectivity index (χ3n) is 3.44. The summed E-state index contributed by atoms with van der Waals surface area (Å²) >= 11 is 0. The van der Waals surface area contributed by atoms with Crippen molar-refractivity contribution in [2.45, 2.75) is 38.0 Å². The van der Waals surface area contributed by atoms with Gasteiger partial charge in [0.1, 0.15) is 0 Å². The molecule has 0 radical (unpaired) electrons. The topological polar surface area (TPSA) is 29.3 Å². The minimum absolute atomic E-state index is 0.0391. The first-order chi connectivity index (χ1) is 8.39. The molecule has 0 aliphatic carbocycles. The van der Waals surface area contributed by atoms with E-state index in [9.17, 15) is 13.2 Å². The molecule has 2 N–H and O–H groups in total. The van der Waals surface area contributed by atoms with Crippen LogP contribution in [0.15, 0.2) is 24.3 Å². The van der Waals surface area contributed by atoms with E-state index < -0.39 is 11.7 Å². The third kappa shape index (κ3) is 2.61. The van der Waals surface area contributed by atoms with Crippen LogP contribution >= 0.6 is 0 Å². The summed E-state index contributed by atoms with van der Waals surface area (Å²) < 4.78 is 38.9. The standard InChI is InChI=1S/C13H17F3N2/c1-9-8-10(17)6-7-18(9)12-5-3-2-4-11(12)13(14,15)16/h2-5,9-10H,6-8,17H2,1H3. The van der Waals surface area contributed by atoms with Crippen molar-refractivity contribution in [1.29, 1.82) is 0 Å². The van der Waals surface area contributed by atoms with Crippen molar-refractivity contribution in [3.8, 4) is 0 Å². The van der Waals surface area contributed by atoms with Crippen LogP contribution in [0.1, 0.15) is 25.3 Å². The Morgan fingerprint density at radius 2 is 1.94 bits per heavy atom. The van der Waals surface area contributed by atoms with E-state index in [1.165, 1.54) is 12.1 Å². The lowest BCUT2D eigenvalue weighted by Crippen LogP contribution is -2.46. The molecule has 100 valence electrons. The zero-order valence-corrected chi connectivity index (χ0v) is 10.2. The van der Waals surface area contributed by atoms with Gasteiger partial charge < -0.3 is 10.6 Å². The maximum atomic E-state index is 13.0. The van der Waals surface area contributed by atoms with Crippen LogP contribution in [0.2, 0.25) is 0 Å². The van der Waals surface area contributed by atoms with Crippen molar-refractivity contribution in [3.05, 3.63) is 29.8 Å². The summed E-state index contributed by atoms with van der Waals surface area (Å²) in [5, 5.41) is 0. The van der Waals surface area contributed by atoms with Crippen LogP contribution in [0.3, 0.4) is 0 Å². The van der Waals surface area contributed by atoms with Crippen molar-refractivity contribution in [2.75, 3.05) is 11.4 Å². The highest BCUT2D eigenvalue weighted by Gasteiger charge is 2.36. The molecule has 2 unspecified atom stereocenters. The monoisotopic (exact) mass is 258 g/mol. The number of alkyl halides is 3. The lowest BCUT2D eigenvalue weighted by atomic mass is 9.97. The van der Waals surface area contributed by atoms with Crippen LogP contribution in [0, 0.1) is 0 Å². The van der Waals surface area contributed by atoms with Crippen molar-refractivity contribution >= 4 is 5.69 Å². The fraction of sp³-hybridized carbons (Fsp3) is 0.538. The Morgan fingerprint density at radius 1 is 1.28 bits per heavy atom. The van der Waals surface area contributed by atoms with Gasteiger partial charge in [0, 0.05) is 24.3 Å². The molecule has 1 aromatic rings. The predicted molar refractivity (Wildman–Crippen MR) is 65.5 cm³/mol. The molecule has 2 atom stereocenters.